The van der Waals surface area contributed by atoms with Crippen LogP contribution in [0.15, 0.2) is 0 Å². The SMILES string of the molecule is Cl.O=[N+]([O-])[O-].[Fe].[H-].[Na+]. The van der Waals surface area contributed by atoms with Crippen LogP contribution in [0, 0.1) is 15.3 Å². The molecule has 0 bridgehead atoms. The Morgan fingerprint density at radius 2 is 1.43 bits per heavy atom. The molecule has 0 saturated carbocycles. The van der Waals surface area contributed by atoms with Crippen molar-refractivity contribution in [3.63, 3.8) is 0 Å². The van der Waals surface area contributed by atoms with E-state index in [1.54, 1.807) is 0 Å². The van der Waals surface area contributed by atoms with E-state index >= 15 is 0 Å². The van der Waals surface area contributed by atoms with Crippen molar-refractivity contribution in [2.75, 3.05) is 0 Å². The number of nitrogens with zero attached hydrogens (tertiary/aromatic N) is 1. The molecule has 0 aromatic carbocycles. The number of hydrogen-bond acceptors (Lipinski definition) is 3. The van der Waals surface area contributed by atoms with E-state index in [0.717, 1.165) is 0 Å². The fourth-order valence-corrected chi connectivity index (χ4v) is 0. The van der Waals surface area contributed by atoms with Crippen LogP contribution in [0.25, 0.3) is 0 Å². The number of rotatable bonds is 0. The van der Waals surface area contributed by atoms with Crippen molar-refractivity contribution < 1.29 is 53.1 Å². The van der Waals surface area contributed by atoms with E-state index in [9.17, 15) is 0 Å². The van der Waals surface area contributed by atoms with Gasteiger partial charge in [-0.15, -0.1) is 12.4 Å². The second-order valence-electron chi connectivity index (χ2n) is 0.224. The van der Waals surface area contributed by atoms with E-state index < -0.39 is 5.09 Å². The molecule has 0 aliphatic rings. The first-order valence-electron chi connectivity index (χ1n) is 0.548. The van der Waals surface area contributed by atoms with Gasteiger partial charge >= 0.3 is 29.6 Å². The molecule has 0 rings (SSSR count). The van der Waals surface area contributed by atoms with E-state index in [4.69, 9.17) is 15.3 Å². The normalized spacial score (nSPS) is 3.43. The third kappa shape index (κ3) is 173. The molecule has 0 aromatic rings. The van der Waals surface area contributed by atoms with E-state index in [0.29, 0.717) is 0 Å². The van der Waals surface area contributed by atoms with Crippen LogP contribution in [-0.4, -0.2) is 5.09 Å². The summed E-state index contributed by atoms with van der Waals surface area (Å²) in [6.45, 7) is 0. The third-order valence-corrected chi connectivity index (χ3v) is 0. The molecule has 7 heteroatoms. The summed E-state index contributed by atoms with van der Waals surface area (Å²) in [6.07, 6.45) is 0. The Morgan fingerprint density at radius 3 is 1.43 bits per heavy atom. The molecule has 0 heterocycles. The Morgan fingerprint density at radius 1 is 1.43 bits per heavy atom. The first-order chi connectivity index (χ1) is 1.73. The van der Waals surface area contributed by atoms with Crippen LogP contribution >= 0.6 is 12.4 Å². The van der Waals surface area contributed by atoms with Crippen molar-refractivity contribution in [1.82, 2.24) is 0 Å². The molecular formula is H2ClFeNNaO3-. The molecule has 0 atom stereocenters. The number of halogens is 1. The van der Waals surface area contributed by atoms with Crippen LogP contribution in [0.2, 0.25) is 0 Å². The third-order valence-electron chi connectivity index (χ3n) is 0. The molecule has 0 aliphatic heterocycles. The maximum absolute atomic E-state index is 8.25. The standard InChI is InChI=1S/ClH.Fe.NO3.Na.H/c;;2-1(3)4;;/h1H;;;;/q;;-1;+1;-1. The van der Waals surface area contributed by atoms with Gasteiger partial charge in [0.05, 0.1) is 5.09 Å². The fraction of sp³-hybridized carbons (Fsp3) is 0. The van der Waals surface area contributed by atoms with Crippen LogP contribution in [0.4, 0.5) is 0 Å². The maximum Gasteiger partial charge on any atom is 1.00 e. The average molecular weight is 178 g/mol. The fourth-order valence-electron chi connectivity index (χ4n) is 0. The largest absolute Gasteiger partial charge is 1.00 e. The summed E-state index contributed by atoms with van der Waals surface area (Å²) < 4.78 is 0. The second-order valence-corrected chi connectivity index (χ2v) is 0.224. The first kappa shape index (κ1) is 24.5. The Labute approximate surface area is 80.4 Å². The maximum atomic E-state index is 8.25. The summed E-state index contributed by atoms with van der Waals surface area (Å²) in [5, 5.41) is 14.8. The quantitative estimate of drug-likeness (QED) is 0.230. The molecule has 0 aliphatic carbocycles. The van der Waals surface area contributed by atoms with Crippen molar-refractivity contribution in [3.05, 3.63) is 15.3 Å². The Bertz CT molecular complexity index is 42.3. The summed E-state index contributed by atoms with van der Waals surface area (Å²) in [7, 11) is 0. The van der Waals surface area contributed by atoms with E-state index in [-0.39, 0.29) is 60.5 Å². The van der Waals surface area contributed by atoms with Crippen molar-refractivity contribution in [2.24, 2.45) is 0 Å². The van der Waals surface area contributed by atoms with Gasteiger partial charge in [0, 0.05) is 17.1 Å². The van der Waals surface area contributed by atoms with Gasteiger partial charge in [-0.2, -0.15) is 0 Å². The average Bonchev–Trinajstić information content (AvgIpc) is 0.811. The Hall–Kier alpha value is 1.01. The van der Waals surface area contributed by atoms with Gasteiger partial charge in [-0.3, -0.25) is 0 Å². The molecule has 0 N–H and O–H groups in total. The number of hydrogen-bond donors (Lipinski definition) is 0. The van der Waals surface area contributed by atoms with Gasteiger partial charge in [0.2, 0.25) is 0 Å². The zero-order valence-corrected chi connectivity index (χ0v) is 7.35. The van der Waals surface area contributed by atoms with E-state index in [1.807, 2.05) is 0 Å². The summed E-state index contributed by atoms with van der Waals surface area (Å²) in [5.74, 6) is 0. The van der Waals surface area contributed by atoms with Gasteiger partial charge in [0.1, 0.15) is 0 Å². The predicted molar refractivity (Wildman–Crippen MR) is 18.7 cm³/mol. The van der Waals surface area contributed by atoms with Gasteiger partial charge in [0.25, 0.3) is 0 Å². The van der Waals surface area contributed by atoms with Crippen LogP contribution in [0.1, 0.15) is 1.43 Å². The van der Waals surface area contributed by atoms with E-state index in [1.165, 1.54) is 0 Å². The molecule has 42 valence electrons. The molecule has 0 spiro atoms. The predicted octanol–water partition coefficient (Wildman–Crippen LogP) is -2.70. The molecule has 0 unspecified atom stereocenters. The minimum absolute atomic E-state index is 0. The Balaban J connectivity index is -0.00000000750. The minimum Gasteiger partial charge on any atom is -1.00 e. The van der Waals surface area contributed by atoms with Gasteiger partial charge in [-0.25, -0.2) is 0 Å². The summed E-state index contributed by atoms with van der Waals surface area (Å²) in [5.41, 5.74) is 0. The minimum atomic E-state index is -1.75. The summed E-state index contributed by atoms with van der Waals surface area (Å²) in [6, 6.07) is 0. The van der Waals surface area contributed by atoms with Crippen molar-refractivity contribution in [2.45, 2.75) is 0 Å². The molecule has 0 saturated heterocycles. The van der Waals surface area contributed by atoms with Gasteiger partial charge < -0.3 is 16.7 Å². The monoisotopic (exact) mass is 178 g/mol. The van der Waals surface area contributed by atoms with Crippen molar-refractivity contribution in [1.29, 1.82) is 0 Å². The topological polar surface area (TPSA) is 66.2 Å². The summed E-state index contributed by atoms with van der Waals surface area (Å²) in [4.78, 5) is 8.25. The molecule has 0 aromatic heterocycles. The van der Waals surface area contributed by atoms with Gasteiger partial charge in [0.15, 0.2) is 0 Å². The molecule has 7 heavy (non-hydrogen) atoms. The molecule has 0 radical (unpaired) electrons. The smallest absolute Gasteiger partial charge is 1.00 e. The van der Waals surface area contributed by atoms with Crippen molar-refractivity contribution in [3.8, 4) is 0 Å². The molecule has 4 nitrogen and oxygen atoms in total. The van der Waals surface area contributed by atoms with Crippen LogP contribution in [-0.2, 0) is 17.1 Å². The van der Waals surface area contributed by atoms with Gasteiger partial charge in [-0.05, 0) is 0 Å². The molecular weight excluding hydrogens is 176 g/mol. The first-order valence-corrected chi connectivity index (χ1v) is 0.548. The summed E-state index contributed by atoms with van der Waals surface area (Å²) >= 11 is 0. The van der Waals surface area contributed by atoms with Crippen molar-refractivity contribution >= 4 is 12.4 Å². The second kappa shape index (κ2) is 15.7. The van der Waals surface area contributed by atoms with Gasteiger partial charge in [-0.1, -0.05) is 0 Å². The van der Waals surface area contributed by atoms with Crippen LogP contribution < -0.4 is 29.6 Å². The zero-order chi connectivity index (χ0) is 3.58. The van der Waals surface area contributed by atoms with E-state index in [2.05, 4.69) is 0 Å². The Kier molecular flexibility index (Phi) is 55.1. The van der Waals surface area contributed by atoms with Crippen LogP contribution in [0.3, 0.4) is 0 Å². The molecule has 0 fully saturated rings. The molecule has 0 amide bonds. The zero-order valence-electron chi connectivity index (χ0n) is 4.43. The van der Waals surface area contributed by atoms with Crippen LogP contribution in [0.5, 0.6) is 0 Å².